The lowest BCUT2D eigenvalue weighted by Gasteiger charge is -2.16. The van der Waals surface area contributed by atoms with Crippen LogP contribution in [0.4, 0.5) is 0 Å². The number of rotatable bonds is 5. The standard InChI is InChI=1S/C14H19BrN2O2/c1-16-9-11-4-5-13(12(15)8-11)19-10-14(18)17-6-2-3-7-17/h4-5,8,16H,2-3,6-7,9-10H2,1H3. The number of hydrogen-bond donors (Lipinski definition) is 1. The first kappa shape index (κ1) is 14.3. The van der Waals surface area contributed by atoms with E-state index in [9.17, 15) is 4.79 Å². The highest BCUT2D eigenvalue weighted by atomic mass is 79.9. The van der Waals surface area contributed by atoms with E-state index in [1.807, 2.05) is 30.1 Å². The van der Waals surface area contributed by atoms with Crippen LogP contribution < -0.4 is 10.1 Å². The summed E-state index contributed by atoms with van der Waals surface area (Å²) >= 11 is 3.47. The lowest BCUT2D eigenvalue weighted by Crippen LogP contribution is -2.32. The van der Waals surface area contributed by atoms with Gasteiger partial charge >= 0.3 is 0 Å². The van der Waals surface area contributed by atoms with Crippen molar-refractivity contribution >= 4 is 21.8 Å². The normalized spacial score (nSPS) is 14.7. The molecule has 2 rings (SSSR count). The van der Waals surface area contributed by atoms with E-state index in [0.717, 1.165) is 36.9 Å². The fourth-order valence-corrected chi connectivity index (χ4v) is 2.71. The molecular formula is C14H19BrN2O2. The summed E-state index contributed by atoms with van der Waals surface area (Å²) < 4.78 is 6.47. The Balaban J connectivity index is 1.90. The molecule has 1 N–H and O–H groups in total. The first-order valence-corrected chi connectivity index (χ1v) is 7.33. The van der Waals surface area contributed by atoms with Crippen LogP contribution in [-0.2, 0) is 11.3 Å². The molecule has 1 amide bonds. The van der Waals surface area contributed by atoms with Crippen LogP contribution in [0.2, 0.25) is 0 Å². The second-order valence-electron chi connectivity index (χ2n) is 4.67. The van der Waals surface area contributed by atoms with Crippen LogP contribution in [0.15, 0.2) is 22.7 Å². The second-order valence-corrected chi connectivity index (χ2v) is 5.53. The van der Waals surface area contributed by atoms with E-state index in [-0.39, 0.29) is 12.5 Å². The van der Waals surface area contributed by atoms with Crippen molar-refractivity contribution in [3.05, 3.63) is 28.2 Å². The molecule has 1 aromatic carbocycles. The van der Waals surface area contributed by atoms with Crippen LogP contribution in [0.3, 0.4) is 0 Å². The van der Waals surface area contributed by atoms with Crippen LogP contribution in [-0.4, -0.2) is 37.6 Å². The Morgan fingerprint density at radius 2 is 2.16 bits per heavy atom. The van der Waals surface area contributed by atoms with Crippen molar-refractivity contribution in [2.24, 2.45) is 0 Å². The third-order valence-electron chi connectivity index (χ3n) is 3.19. The van der Waals surface area contributed by atoms with Gasteiger partial charge in [-0.05, 0) is 53.5 Å². The van der Waals surface area contributed by atoms with Gasteiger partial charge in [0.2, 0.25) is 0 Å². The smallest absolute Gasteiger partial charge is 0.260 e. The summed E-state index contributed by atoms with van der Waals surface area (Å²) in [4.78, 5) is 13.7. The van der Waals surface area contributed by atoms with Crippen molar-refractivity contribution in [3.63, 3.8) is 0 Å². The van der Waals surface area contributed by atoms with Crippen LogP contribution >= 0.6 is 15.9 Å². The Kier molecular flexibility index (Phi) is 5.22. The van der Waals surface area contributed by atoms with Crippen molar-refractivity contribution in [2.75, 3.05) is 26.7 Å². The van der Waals surface area contributed by atoms with Crippen molar-refractivity contribution in [2.45, 2.75) is 19.4 Å². The minimum absolute atomic E-state index is 0.0729. The molecule has 5 heteroatoms. The maximum Gasteiger partial charge on any atom is 0.260 e. The molecule has 0 bridgehead atoms. The highest BCUT2D eigenvalue weighted by molar-refractivity contribution is 9.10. The maximum absolute atomic E-state index is 11.9. The van der Waals surface area contributed by atoms with E-state index in [0.29, 0.717) is 5.75 Å². The Morgan fingerprint density at radius 1 is 1.42 bits per heavy atom. The number of halogens is 1. The summed E-state index contributed by atoms with van der Waals surface area (Å²) in [7, 11) is 1.91. The van der Waals surface area contributed by atoms with Crippen molar-refractivity contribution in [1.82, 2.24) is 10.2 Å². The van der Waals surface area contributed by atoms with Gasteiger partial charge in [0, 0.05) is 19.6 Å². The molecule has 0 radical (unpaired) electrons. The Morgan fingerprint density at radius 3 is 2.79 bits per heavy atom. The second kappa shape index (κ2) is 6.91. The quantitative estimate of drug-likeness (QED) is 0.901. The number of carbonyl (C=O) groups excluding carboxylic acids is 1. The van der Waals surface area contributed by atoms with E-state index >= 15 is 0 Å². The van der Waals surface area contributed by atoms with Crippen LogP contribution in [0.1, 0.15) is 18.4 Å². The molecule has 0 aromatic heterocycles. The Hall–Kier alpha value is -1.07. The van der Waals surface area contributed by atoms with Gasteiger partial charge in [-0.15, -0.1) is 0 Å². The number of hydrogen-bond acceptors (Lipinski definition) is 3. The SMILES string of the molecule is CNCc1ccc(OCC(=O)N2CCCC2)c(Br)c1. The Labute approximate surface area is 122 Å². The van der Waals surface area contributed by atoms with E-state index in [4.69, 9.17) is 4.74 Å². The molecule has 0 spiro atoms. The number of ether oxygens (including phenoxy) is 1. The fraction of sp³-hybridized carbons (Fsp3) is 0.500. The van der Waals surface area contributed by atoms with Crippen LogP contribution in [0.25, 0.3) is 0 Å². The molecule has 1 aliphatic rings. The van der Waals surface area contributed by atoms with Gasteiger partial charge in [0.1, 0.15) is 5.75 Å². The molecular weight excluding hydrogens is 308 g/mol. The Bertz CT molecular complexity index is 445. The zero-order valence-electron chi connectivity index (χ0n) is 11.1. The average molecular weight is 327 g/mol. The average Bonchev–Trinajstić information content (AvgIpc) is 2.92. The highest BCUT2D eigenvalue weighted by Gasteiger charge is 2.18. The van der Waals surface area contributed by atoms with Crippen LogP contribution in [0.5, 0.6) is 5.75 Å². The molecule has 1 saturated heterocycles. The molecule has 1 heterocycles. The number of benzene rings is 1. The third-order valence-corrected chi connectivity index (χ3v) is 3.81. The van der Waals surface area contributed by atoms with Gasteiger partial charge in [-0.25, -0.2) is 0 Å². The minimum atomic E-state index is 0.0729. The predicted octanol–water partition coefficient (Wildman–Crippen LogP) is 2.17. The summed E-state index contributed by atoms with van der Waals surface area (Å²) in [6.07, 6.45) is 2.21. The molecule has 1 fully saturated rings. The zero-order valence-corrected chi connectivity index (χ0v) is 12.7. The summed E-state index contributed by atoms with van der Waals surface area (Å²) in [5, 5.41) is 3.10. The summed E-state index contributed by atoms with van der Waals surface area (Å²) in [5.41, 5.74) is 1.17. The molecule has 0 saturated carbocycles. The van der Waals surface area contributed by atoms with Gasteiger partial charge in [-0.2, -0.15) is 0 Å². The van der Waals surface area contributed by atoms with Crippen molar-refractivity contribution in [1.29, 1.82) is 0 Å². The molecule has 0 aliphatic carbocycles. The van der Waals surface area contributed by atoms with Gasteiger partial charge in [-0.1, -0.05) is 6.07 Å². The molecule has 0 atom stereocenters. The molecule has 1 aromatic rings. The minimum Gasteiger partial charge on any atom is -0.483 e. The first-order valence-electron chi connectivity index (χ1n) is 6.54. The third kappa shape index (κ3) is 3.94. The number of amides is 1. The number of nitrogens with zero attached hydrogens (tertiary/aromatic N) is 1. The molecule has 104 valence electrons. The largest absolute Gasteiger partial charge is 0.483 e. The molecule has 19 heavy (non-hydrogen) atoms. The summed E-state index contributed by atoms with van der Waals surface area (Å²) in [5.74, 6) is 0.788. The van der Waals surface area contributed by atoms with E-state index in [1.165, 1.54) is 5.56 Å². The number of nitrogens with one attached hydrogen (secondary N) is 1. The van der Waals surface area contributed by atoms with Crippen LogP contribution in [0, 0.1) is 0 Å². The molecule has 1 aliphatic heterocycles. The van der Waals surface area contributed by atoms with Gasteiger partial charge in [0.25, 0.3) is 5.91 Å². The summed E-state index contributed by atoms with van der Waals surface area (Å²) in [6, 6.07) is 5.90. The lowest BCUT2D eigenvalue weighted by atomic mass is 10.2. The lowest BCUT2D eigenvalue weighted by molar-refractivity contribution is -0.132. The summed E-state index contributed by atoms with van der Waals surface area (Å²) in [6.45, 7) is 2.66. The van der Waals surface area contributed by atoms with E-state index < -0.39 is 0 Å². The number of likely N-dealkylation sites (tertiary alicyclic amines) is 1. The molecule has 0 unspecified atom stereocenters. The topological polar surface area (TPSA) is 41.6 Å². The molecule has 4 nitrogen and oxygen atoms in total. The van der Waals surface area contributed by atoms with Gasteiger partial charge in [0.15, 0.2) is 6.61 Å². The van der Waals surface area contributed by atoms with Crippen molar-refractivity contribution in [3.8, 4) is 5.75 Å². The first-order chi connectivity index (χ1) is 9.20. The predicted molar refractivity (Wildman–Crippen MR) is 78.2 cm³/mol. The van der Waals surface area contributed by atoms with E-state index in [2.05, 4.69) is 21.2 Å². The number of carbonyl (C=O) groups is 1. The van der Waals surface area contributed by atoms with Crippen molar-refractivity contribution < 1.29 is 9.53 Å². The van der Waals surface area contributed by atoms with Gasteiger partial charge < -0.3 is 15.0 Å². The zero-order chi connectivity index (χ0) is 13.7. The monoisotopic (exact) mass is 326 g/mol. The highest BCUT2D eigenvalue weighted by Crippen LogP contribution is 2.26. The fourth-order valence-electron chi connectivity index (χ4n) is 2.17. The van der Waals surface area contributed by atoms with Gasteiger partial charge in [0.05, 0.1) is 4.47 Å². The van der Waals surface area contributed by atoms with E-state index in [1.54, 1.807) is 0 Å². The maximum atomic E-state index is 11.9. The van der Waals surface area contributed by atoms with Gasteiger partial charge in [-0.3, -0.25) is 4.79 Å².